The minimum absolute atomic E-state index is 0.0333. The molecule has 0 radical (unpaired) electrons. The number of urea groups is 1. The van der Waals surface area contributed by atoms with Crippen LogP contribution in [0.2, 0.25) is 0 Å². The summed E-state index contributed by atoms with van der Waals surface area (Å²) in [5, 5.41) is 7.12. The number of aromatic amines is 1. The third-order valence-corrected chi connectivity index (χ3v) is 5.84. The number of primary amides is 1. The number of halogens is 4. The van der Waals surface area contributed by atoms with Crippen molar-refractivity contribution in [2.24, 2.45) is 5.73 Å². The number of carboxylic acids is 1. The van der Waals surface area contributed by atoms with Gasteiger partial charge in [-0.25, -0.2) is 14.6 Å². The summed E-state index contributed by atoms with van der Waals surface area (Å²) in [6, 6.07) is 16.0. The van der Waals surface area contributed by atoms with Gasteiger partial charge in [0, 0.05) is 29.4 Å². The summed E-state index contributed by atoms with van der Waals surface area (Å²) < 4.78 is 32.7. The quantitative estimate of drug-likeness (QED) is 0.445. The van der Waals surface area contributed by atoms with Gasteiger partial charge in [-0.3, -0.25) is 0 Å². The number of aliphatic carboxylic acids is 1. The lowest BCUT2D eigenvalue weighted by atomic mass is 10.0. The first kappa shape index (κ1) is 26.1. The molecule has 1 aliphatic rings. The number of hydrogen-bond acceptors (Lipinski definition) is 4. The number of aromatic nitrogens is 2. The number of amides is 2. The number of nitrogens with two attached hydrogens (primary N) is 1. The van der Waals surface area contributed by atoms with Crippen LogP contribution in [0.1, 0.15) is 16.8 Å². The molecule has 1 aromatic heterocycles. The summed E-state index contributed by atoms with van der Waals surface area (Å²) in [6.45, 7) is 1.86. The molecule has 3 aromatic rings. The summed E-state index contributed by atoms with van der Waals surface area (Å²) in [6.07, 6.45) is -0.813. The summed E-state index contributed by atoms with van der Waals surface area (Å²) in [5.74, 6) is -2.76. The minimum atomic E-state index is -5.08. The normalized spacial score (nSPS) is 15.5. The lowest BCUT2D eigenvalue weighted by Crippen LogP contribution is -2.47. The van der Waals surface area contributed by atoms with E-state index >= 15 is 0 Å². The maximum atomic E-state index is 12.3. The summed E-state index contributed by atoms with van der Waals surface area (Å²) in [7, 11) is 0. The third kappa shape index (κ3) is 7.22. The highest BCUT2D eigenvalue weighted by atomic mass is 79.9. The van der Waals surface area contributed by atoms with Gasteiger partial charge in [-0.05, 0) is 35.7 Å². The van der Waals surface area contributed by atoms with Crippen LogP contribution in [-0.4, -0.2) is 50.7 Å². The lowest BCUT2D eigenvalue weighted by molar-refractivity contribution is -0.192. The Morgan fingerprint density at radius 1 is 1.20 bits per heavy atom. The zero-order chi connectivity index (χ0) is 25.6. The second kappa shape index (κ2) is 11.3. The van der Waals surface area contributed by atoms with Gasteiger partial charge in [-0.2, -0.15) is 13.2 Å². The van der Waals surface area contributed by atoms with E-state index in [1.807, 2.05) is 30.5 Å². The second-order valence-corrected chi connectivity index (χ2v) is 8.76. The van der Waals surface area contributed by atoms with Gasteiger partial charge >= 0.3 is 18.2 Å². The van der Waals surface area contributed by atoms with Crippen molar-refractivity contribution in [3.8, 4) is 0 Å². The number of fused-ring (bicyclic) bond motifs is 1. The van der Waals surface area contributed by atoms with Crippen LogP contribution in [0.5, 0.6) is 0 Å². The van der Waals surface area contributed by atoms with Gasteiger partial charge in [0.2, 0.25) is 0 Å². The molecular formula is C23H23BrF3N5O3. The molecule has 0 saturated carbocycles. The fraction of sp³-hybridized carbons (Fsp3) is 0.261. The molecule has 0 bridgehead atoms. The number of carbonyl (C=O) groups excluding carboxylic acids is 1. The molecule has 2 heterocycles. The van der Waals surface area contributed by atoms with Crippen LogP contribution in [0, 0.1) is 0 Å². The van der Waals surface area contributed by atoms with Crippen molar-refractivity contribution in [2.75, 3.05) is 11.4 Å². The monoisotopic (exact) mass is 553 g/mol. The number of nitrogens with one attached hydrogen (secondary N) is 1. The SMILES string of the molecule is NC(=O)N1Cc2cc(Br)ccc2N(Cc2cnc[nH]2)CC1Cc1ccccc1.O=C(O)C(F)(F)F. The van der Waals surface area contributed by atoms with Gasteiger partial charge in [0.25, 0.3) is 0 Å². The predicted octanol–water partition coefficient (Wildman–Crippen LogP) is 4.32. The Hall–Kier alpha value is -3.54. The van der Waals surface area contributed by atoms with Gasteiger partial charge in [0.1, 0.15) is 0 Å². The Balaban J connectivity index is 0.000000429. The number of benzene rings is 2. The second-order valence-electron chi connectivity index (χ2n) is 7.84. The maximum absolute atomic E-state index is 12.3. The maximum Gasteiger partial charge on any atom is 0.490 e. The molecule has 0 aliphatic carbocycles. The van der Waals surface area contributed by atoms with E-state index < -0.39 is 18.2 Å². The zero-order valence-electron chi connectivity index (χ0n) is 18.4. The molecule has 1 atom stereocenters. The molecule has 1 aliphatic heterocycles. The van der Waals surface area contributed by atoms with Crippen molar-refractivity contribution < 1.29 is 27.9 Å². The first-order chi connectivity index (χ1) is 16.5. The average Bonchev–Trinajstić information content (AvgIpc) is 3.25. The average molecular weight is 554 g/mol. The van der Waals surface area contributed by atoms with Gasteiger partial charge in [-0.1, -0.05) is 46.3 Å². The molecule has 0 fully saturated rings. The predicted molar refractivity (Wildman–Crippen MR) is 127 cm³/mol. The molecule has 186 valence electrons. The number of anilines is 1. The fourth-order valence-corrected chi connectivity index (χ4v) is 4.21. The Morgan fingerprint density at radius 2 is 1.89 bits per heavy atom. The molecule has 0 saturated heterocycles. The van der Waals surface area contributed by atoms with Gasteiger partial charge < -0.3 is 25.6 Å². The van der Waals surface area contributed by atoms with Crippen molar-refractivity contribution in [1.82, 2.24) is 14.9 Å². The number of carbonyl (C=O) groups is 2. The van der Waals surface area contributed by atoms with E-state index in [4.69, 9.17) is 15.6 Å². The van der Waals surface area contributed by atoms with Crippen molar-refractivity contribution >= 4 is 33.6 Å². The van der Waals surface area contributed by atoms with E-state index in [1.54, 1.807) is 11.2 Å². The van der Waals surface area contributed by atoms with Crippen molar-refractivity contribution in [3.63, 3.8) is 0 Å². The Labute approximate surface area is 207 Å². The third-order valence-electron chi connectivity index (χ3n) is 5.35. The highest BCUT2D eigenvalue weighted by Crippen LogP contribution is 2.31. The van der Waals surface area contributed by atoms with Crippen LogP contribution in [0.15, 0.2) is 65.5 Å². The Kier molecular flexibility index (Phi) is 8.39. The number of nitrogens with zero attached hydrogens (tertiary/aromatic N) is 3. The topological polar surface area (TPSA) is 116 Å². The van der Waals surface area contributed by atoms with Crippen LogP contribution in [0.3, 0.4) is 0 Å². The standard InChI is InChI=1S/C21H22BrN5O.C2HF3O2/c22-17-6-7-20-16(9-17)11-27(21(23)28)19(8-15-4-2-1-3-5-15)13-26(20)12-18-10-24-14-25-18;3-2(4,5)1(6)7/h1-7,9-10,14,19H,8,11-13H2,(H2,23,28)(H,24,25);(H,6,7). The zero-order valence-corrected chi connectivity index (χ0v) is 20.0. The van der Waals surface area contributed by atoms with Crippen LogP contribution in [0.4, 0.5) is 23.7 Å². The molecule has 0 spiro atoms. The van der Waals surface area contributed by atoms with Crippen molar-refractivity contribution in [1.29, 1.82) is 0 Å². The molecule has 2 aromatic carbocycles. The minimum Gasteiger partial charge on any atom is -0.475 e. The molecular weight excluding hydrogens is 531 g/mol. The number of alkyl halides is 3. The number of imidazole rings is 1. The van der Waals surface area contributed by atoms with Crippen LogP contribution in [-0.2, 0) is 24.3 Å². The Morgan fingerprint density at radius 3 is 2.46 bits per heavy atom. The van der Waals surface area contributed by atoms with Gasteiger partial charge in [0.15, 0.2) is 0 Å². The fourth-order valence-electron chi connectivity index (χ4n) is 3.80. The van der Waals surface area contributed by atoms with Crippen molar-refractivity contribution in [3.05, 3.63) is 82.3 Å². The highest BCUT2D eigenvalue weighted by Gasteiger charge is 2.38. The number of carboxylic acid groups (broad SMARTS) is 1. The van der Waals surface area contributed by atoms with E-state index in [0.29, 0.717) is 19.6 Å². The summed E-state index contributed by atoms with van der Waals surface area (Å²) in [4.78, 5) is 32.6. The summed E-state index contributed by atoms with van der Waals surface area (Å²) in [5.41, 5.74) is 10.2. The van der Waals surface area contributed by atoms with Gasteiger partial charge in [-0.15, -0.1) is 0 Å². The molecule has 35 heavy (non-hydrogen) atoms. The largest absolute Gasteiger partial charge is 0.490 e. The molecule has 8 nitrogen and oxygen atoms in total. The van der Waals surface area contributed by atoms with Gasteiger partial charge in [0.05, 0.1) is 24.6 Å². The Bertz CT molecular complexity index is 1140. The van der Waals surface area contributed by atoms with E-state index in [0.717, 1.165) is 27.8 Å². The first-order valence-corrected chi connectivity index (χ1v) is 11.2. The molecule has 1 unspecified atom stereocenters. The van der Waals surface area contributed by atoms with Crippen molar-refractivity contribution in [2.45, 2.75) is 31.7 Å². The number of rotatable bonds is 4. The number of hydrogen-bond donors (Lipinski definition) is 3. The van der Waals surface area contributed by atoms with E-state index in [-0.39, 0.29) is 6.04 Å². The lowest BCUT2D eigenvalue weighted by Gasteiger charge is -2.31. The van der Waals surface area contributed by atoms with Crippen LogP contribution < -0.4 is 10.6 Å². The highest BCUT2D eigenvalue weighted by molar-refractivity contribution is 9.10. The summed E-state index contributed by atoms with van der Waals surface area (Å²) >= 11 is 3.55. The molecule has 4 rings (SSSR count). The molecule has 12 heteroatoms. The van der Waals surface area contributed by atoms with Crippen LogP contribution >= 0.6 is 15.9 Å². The van der Waals surface area contributed by atoms with E-state index in [2.05, 4.69) is 55.1 Å². The molecule has 4 N–H and O–H groups in total. The van der Waals surface area contributed by atoms with E-state index in [9.17, 15) is 18.0 Å². The first-order valence-electron chi connectivity index (χ1n) is 10.5. The smallest absolute Gasteiger partial charge is 0.475 e. The van der Waals surface area contributed by atoms with E-state index in [1.165, 1.54) is 5.56 Å². The van der Waals surface area contributed by atoms with Crippen LogP contribution in [0.25, 0.3) is 0 Å². The number of H-pyrrole nitrogens is 1. The molecule has 2 amide bonds.